The van der Waals surface area contributed by atoms with Crippen molar-refractivity contribution in [1.29, 1.82) is 0 Å². The molecular formula is C18H21N3O. The molecule has 1 aliphatic heterocycles. The van der Waals surface area contributed by atoms with Crippen molar-refractivity contribution >= 4 is 17.4 Å². The van der Waals surface area contributed by atoms with Crippen LogP contribution in [0.4, 0.5) is 11.5 Å². The van der Waals surface area contributed by atoms with Crippen molar-refractivity contribution in [2.24, 2.45) is 0 Å². The summed E-state index contributed by atoms with van der Waals surface area (Å²) < 4.78 is 0. The van der Waals surface area contributed by atoms with Gasteiger partial charge in [-0.3, -0.25) is 4.79 Å². The summed E-state index contributed by atoms with van der Waals surface area (Å²) in [6.45, 7) is 5.54. The van der Waals surface area contributed by atoms with E-state index < -0.39 is 0 Å². The van der Waals surface area contributed by atoms with Gasteiger partial charge in [0.15, 0.2) is 0 Å². The number of pyridine rings is 1. The summed E-state index contributed by atoms with van der Waals surface area (Å²) in [5.41, 5.74) is 3.17. The van der Waals surface area contributed by atoms with Crippen LogP contribution in [0.1, 0.15) is 30.4 Å². The number of aryl methyl sites for hydroxylation is 1. The van der Waals surface area contributed by atoms with Gasteiger partial charge in [-0.1, -0.05) is 37.3 Å². The maximum Gasteiger partial charge on any atom is 0.227 e. The van der Waals surface area contributed by atoms with E-state index in [1.165, 1.54) is 5.56 Å². The van der Waals surface area contributed by atoms with E-state index in [-0.39, 0.29) is 11.8 Å². The Morgan fingerprint density at radius 3 is 2.91 bits per heavy atom. The summed E-state index contributed by atoms with van der Waals surface area (Å²) in [4.78, 5) is 19.0. The highest BCUT2D eigenvalue weighted by molar-refractivity contribution is 5.97. The molecule has 0 radical (unpaired) electrons. The van der Waals surface area contributed by atoms with E-state index in [1.54, 1.807) is 0 Å². The molecule has 1 unspecified atom stereocenters. The number of hydrogen-bond donors (Lipinski definition) is 1. The van der Waals surface area contributed by atoms with Crippen LogP contribution in [0, 0.1) is 6.92 Å². The monoisotopic (exact) mass is 295 g/mol. The fourth-order valence-corrected chi connectivity index (χ4v) is 2.83. The van der Waals surface area contributed by atoms with Crippen molar-refractivity contribution in [3.05, 3.63) is 53.7 Å². The van der Waals surface area contributed by atoms with Crippen molar-refractivity contribution in [1.82, 2.24) is 4.98 Å². The minimum atomic E-state index is 0.159. The fraction of sp³-hybridized carbons (Fsp3) is 0.333. The normalized spacial score (nSPS) is 14.9. The number of anilines is 2. The van der Waals surface area contributed by atoms with E-state index in [9.17, 15) is 4.79 Å². The van der Waals surface area contributed by atoms with Crippen LogP contribution in [0.15, 0.2) is 42.6 Å². The molecule has 0 aliphatic carbocycles. The van der Waals surface area contributed by atoms with Crippen molar-refractivity contribution in [3.63, 3.8) is 0 Å². The average Bonchev–Trinajstić information content (AvgIpc) is 2.55. The lowest BCUT2D eigenvalue weighted by molar-refractivity contribution is -0.118. The molecule has 0 saturated heterocycles. The van der Waals surface area contributed by atoms with E-state index in [0.29, 0.717) is 13.0 Å². The van der Waals surface area contributed by atoms with Gasteiger partial charge in [-0.2, -0.15) is 0 Å². The predicted molar refractivity (Wildman–Crippen MR) is 89.3 cm³/mol. The zero-order valence-electron chi connectivity index (χ0n) is 13.0. The zero-order chi connectivity index (χ0) is 15.5. The molecule has 0 saturated carbocycles. The van der Waals surface area contributed by atoms with E-state index in [1.807, 2.05) is 42.3 Å². The van der Waals surface area contributed by atoms with Gasteiger partial charge in [-0.25, -0.2) is 4.98 Å². The third-order valence-corrected chi connectivity index (χ3v) is 4.07. The Morgan fingerprint density at radius 1 is 1.36 bits per heavy atom. The minimum Gasteiger partial charge on any atom is -0.367 e. The molecule has 0 spiro atoms. The molecule has 0 fully saturated rings. The highest BCUT2D eigenvalue weighted by atomic mass is 16.2. The second-order valence-electron chi connectivity index (χ2n) is 5.87. The summed E-state index contributed by atoms with van der Waals surface area (Å²) in [6.07, 6.45) is 2.34. The number of amides is 1. The van der Waals surface area contributed by atoms with E-state index in [0.717, 1.165) is 23.6 Å². The largest absolute Gasteiger partial charge is 0.367 e. The summed E-state index contributed by atoms with van der Waals surface area (Å²) in [7, 11) is 0. The maximum atomic E-state index is 12.7. The van der Waals surface area contributed by atoms with E-state index in [4.69, 9.17) is 0 Å². The molecule has 2 aromatic rings. The first-order chi connectivity index (χ1) is 10.6. The number of fused-ring (bicyclic) bond motifs is 1. The number of nitrogens with one attached hydrogen (secondary N) is 1. The van der Waals surface area contributed by atoms with Gasteiger partial charge in [0.1, 0.15) is 5.82 Å². The number of hydrogen-bond acceptors (Lipinski definition) is 3. The van der Waals surface area contributed by atoms with E-state index >= 15 is 0 Å². The van der Waals surface area contributed by atoms with Crippen LogP contribution >= 0.6 is 0 Å². The number of rotatable bonds is 3. The number of aromatic nitrogens is 1. The first-order valence-corrected chi connectivity index (χ1v) is 7.71. The minimum absolute atomic E-state index is 0.159. The van der Waals surface area contributed by atoms with Gasteiger partial charge < -0.3 is 10.2 Å². The quantitative estimate of drug-likeness (QED) is 0.944. The Hall–Kier alpha value is -2.36. The Labute approximate surface area is 131 Å². The lowest BCUT2D eigenvalue weighted by atomic mass is 9.97. The second kappa shape index (κ2) is 6.18. The average molecular weight is 295 g/mol. The molecular weight excluding hydrogens is 274 g/mol. The Bertz CT molecular complexity index is 669. The lowest BCUT2D eigenvalue weighted by Crippen LogP contribution is -2.39. The van der Waals surface area contributed by atoms with Gasteiger partial charge in [0.05, 0.1) is 5.69 Å². The van der Waals surface area contributed by atoms with Gasteiger partial charge in [-0.15, -0.1) is 0 Å². The Morgan fingerprint density at radius 2 is 2.14 bits per heavy atom. The van der Waals surface area contributed by atoms with Crippen LogP contribution in [-0.2, 0) is 4.79 Å². The molecule has 22 heavy (non-hydrogen) atoms. The number of nitrogens with zero attached hydrogens (tertiary/aromatic N) is 2. The molecule has 114 valence electrons. The first kappa shape index (κ1) is 14.6. The summed E-state index contributed by atoms with van der Waals surface area (Å²) in [6, 6.07) is 12.2. The maximum absolute atomic E-state index is 12.7. The second-order valence-corrected chi connectivity index (χ2v) is 5.87. The standard InChI is InChI=1S/C18H21N3O/c1-13-10-16-18(20-12-13)19-8-9-21(16)17(22)11-14(2)15-6-4-3-5-7-15/h3-7,10,12,14H,8-9,11H2,1-2H3,(H,19,20). The van der Waals surface area contributed by atoms with Gasteiger partial charge in [0.2, 0.25) is 5.91 Å². The molecule has 3 rings (SSSR count). The SMILES string of the molecule is Cc1cnc2c(c1)N(C(=O)CC(C)c1ccccc1)CCN2. The molecule has 4 heteroatoms. The molecule has 0 bridgehead atoms. The third-order valence-electron chi connectivity index (χ3n) is 4.07. The van der Waals surface area contributed by atoms with Crippen molar-refractivity contribution < 1.29 is 4.79 Å². The zero-order valence-corrected chi connectivity index (χ0v) is 13.0. The molecule has 1 aliphatic rings. The molecule has 4 nitrogen and oxygen atoms in total. The van der Waals surface area contributed by atoms with Gasteiger partial charge in [-0.05, 0) is 30.0 Å². The van der Waals surface area contributed by atoms with E-state index in [2.05, 4.69) is 29.4 Å². The third kappa shape index (κ3) is 2.96. The van der Waals surface area contributed by atoms with Gasteiger partial charge in [0.25, 0.3) is 0 Å². The first-order valence-electron chi connectivity index (χ1n) is 7.71. The molecule has 1 atom stereocenters. The van der Waals surface area contributed by atoms with Crippen molar-refractivity contribution in [2.75, 3.05) is 23.3 Å². The summed E-state index contributed by atoms with van der Waals surface area (Å²) in [5.74, 6) is 1.17. The number of benzene rings is 1. The molecule has 2 heterocycles. The molecule has 1 amide bonds. The highest BCUT2D eigenvalue weighted by Gasteiger charge is 2.24. The lowest BCUT2D eigenvalue weighted by Gasteiger charge is -2.30. The molecule has 1 aromatic carbocycles. The Balaban J connectivity index is 1.78. The van der Waals surface area contributed by atoms with Crippen molar-refractivity contribution in [3.8, 4) is 0 Å². The van der Waals surface area contributed by atoms with Gasteiger partial charge >= 0.3 is 0 Å². The van der Waals surface area contributed by atoms with Crippen LogP contribution in [0.3, 0.4) is 0 Å². The summed E-state index contributed by atoms with van der Waals surface area (Å²) in [5, 5.41) is 3.25. The van der Waals surface area contributed by atoms with Crippen LogP contribution in [0.25, 0.3) is 0 Å². The summed E-state index contributed by atoms with van der Waals surface area (Å²) >= 11 is 0. The fourth-order valence-electron chi connectivity index (χ4n) is 2.83. The van der Waals surface area contributed by atoms with Crippen LogP contribution in [0.2, 0.25) is 0 Å². The Kier molecular flexibility index (Phi) is 4.09. The molecule has 1 aromatic heterocycles. The van der Waals surface area contributed by atoms with Gasteiger partial charge in [0, 0.05) is 25.7 Å². The van der Waals surface area contributed by atoms with Crippen LogP contribution < -0.4 is 10.2 Å². The van der Waals surface area contributed by atoms with Crippen LogP contribution in [-0.4, -0.2) is 24.0 Å². The number of carbonyl (C=O) groups is 1. The van der Waals surface area contributed by atoms with Crippen LogP contribution in [0.5, 0.6) is 0 Å². The smallest absolute Gasteiger partial charge is 0.227 e. The number of carbonyl (C=O) groups excluding carboxylic acids is 1. The predicted octanol–water partition coefficient (Wildman–Crippen LogP) is 3.34. The topological polar surface area (TPSA) is 45.2 Å². The molecule has 1 N–H and O–H groups in total. The highest BCUT2D eigenvalue weighted by Crippen LogP contribution is 2.29. The van der Waals surface area contributed by atoms with Crippen molar-refractivity contribution in [2.45, 2.75) is 26.2 Å².